The first kappa shape index (κ1) is 14.1. The van der Waals surface area contributed by atoms with E-state index in [1.807, 2.05) is 17.0 Å². The van der Waals surface area contributed by atoms with Crippen LogP contribution in [0, 0.1) is 3.57 Å². The highest BCUT2D eigenvalue weighted by atomic mass is 127. The average molecular weight is 379 g/mol. The number of hydrogen-bond donors (Lipinski definition) is 1. The molecule has 0 aromatic heterocycles. The number of carbonyl (C=O) groups excluding carboxylic acids is 1. The van der Waals surface area contributed by atoms with Gasteiger partial charge in [-0.05, 0) is 47.2 Å². The number of benzene rings is 1. The van der Waals surface area contributed by atoms with E-state index in [1.54, 1.807) is 6.07 Å². The first-order chi connectivity index (χ1) is 8.63. The normalized spacial score (nSPS) is 15.3. The van der Waals surface area contributed by atoms with E-state index < -0.39 is 0 Å². The molecule has 1 saturated heterocycles. The maximum absolute atomic E-state index is 12.6. The highest BCUT2D eigenvalue weighted by Crippen LogP contribution is 2.21. The van der Waals surface area contributed by atoms with Crippen molar-refractivity contribution >= 4 is 40.1 Å². The summed E-state index contributed by atoms with van der Waals surface area (Å²) in [6, 6.07) is 5.79. The van der Waals surface area contributed by atoms with Crippen molar-refractivity contribution in [2.24, 2.45) is 0 Å². The molecule has 1 N–H and O–H groups in total. The number of nitrogens with one attached hydrogen (secondary N) is 1. The molecule has 1 aromatic rings. The highest BCUT2D eigenvalue weighted by molar-refractivity contribution is 14.1. The molecule has 1 fully saturated rings. The molecule has 0 saturated carbocycles. The van der Waals surface area contributed by atoms with Crippen LogP contribution < -0.4 is 5.32 Å². The van der Waals surface area contributed by atoms with Gasteiger partial charge in [0.15, 0.2) is 0 Å². The van der Waals surface area contributed by atoms with Crippen LogP contribution in [0.3, 0.4) is 0 Å². The van der Waals surface area contributed by atoms with Gasteiger partial charge in [0.2, 0.25) is 0 Å². The molecule has 18 heavy (non-hydrogen) atoms. The van der Waals surface area contributed by atoms with Gasteiger partial charge in [0, 0.05) is 28.2 Å². The van der Waals surface area contributed by atoms with Crippen LogP contribution in [-0.4, -0.2) is 36.5 Å². The molecule has 3 nitrogen and oxygen atoms in total. The molecule has 0 bridgehead atoms. The standard InChI is InChI=1S/C13H16ClIN2O/c1-2-5-17(10-7-16-8-10)13(18)11-6-9(14)3-4-12(11)15/h3-4,6,10,16H,2,5,7-8H2,1H3. The fraction of sp³-hybridized carbons (Fsp3) is 0.462. The Morgan fingerprint density at radius 3 is 2.83 bits per heavy atom. The monoisotopic (exact) mass is 378 g/mol. The minimum absolute atomic E-state index is 0.0928. The van der Waals surface area contributed by atoms with Crippen molar-refractivity contribution in [1.82, 2.24) is 10.2 Å². The van der Waals surface area contributed by atoms with Crippen LogP contribution in [0.2, 0.25) is 5.02 Å². The summed E-state index contributed by atoms with van der Waals surface area (Å²) in [5.41, 5.74) is 0.712. The molecule has 0 radical (unpaired) electrons. The van der Waals surface area contributed by atoms with Gasteiger partial charge in [-0.2, -0.15) is 0 Å². The third-order valence-corrected chi connectivity index (χ3v) is 4.26. The first-order valence-electron chi connectivity index (χ1n) is 6.10. The van der Waals surface area contributed by atoms with Crippen molar-refractivity contribution in [3.8, 4) is 0 Å². The zero-order valence-corrected chi connectivity index (χ0v) is 13.2. The first-order valence-corrected chi connectivity index (χ1v) is 7.56. The number of halogens is 2. The Labute approximate surface area is 126 Å². The van der Waals surface area contributed by atoms with Gasteiger partial charge in [0.1, 0.15) is 0 Å². The molecule has 1 aliphatic rings. The zero-order chi connectivity index (χ0) is 13.1. The Morgan fingerprint density at radius 2 is 2.28 bits per heavy atom. The lowest BCUT2D eigenvalue weighted by Crippen LogP contribution is -2.59. The second-order valence-electron chi connectivity index (χ2n) is 4.43. The largest absolute Gasteiger partial charge is 0.333 e. The minimum atomic E-state index is 0.0928. The van der Waals surface area contributed by atoms with Gasteiger partial charge in [-0.15, -0.1) is 0 Å². The Kier molecular flexibility index (Phi) is 4.86. The van der Waals surface area contributed by atoms with Gasteiger partial charge < -0.3 is 10.2 Å². The predicted molar refractivity (Wildman–Crippen MR) is 82.2 cm³/mol. The van der Waals surface area contributed by atoms with Gasteiger partial charge >= 0.3 is 0 Å². The smallest absolute Gasteiger partial charge is 0.255 e. The molecule has 5 heteroatoms. The van der Waals surface area contributed by atoms with Crippen LogP contribution in [0.5, 0.6) is 0 Å². The maximum Gasteiger partial charge on any atom is 0.255 e. The molecule has 0 atom stereocenters. The van der Waals surface area contributed by atoms with Crippen molar-refractivity contribution < 1.29 is 4.79 Å². The lowest BCUT2D eigenvalue weighted by molar-refractivity contribution is 0.0614. The van der Waals surface area contributed by atoms with Gasteiger partial charge in [0.25, 0.3) is 5.91 Å². The van der Waals surface area contributed by atoms with Gasteiger partial charge in [-0.3, -0.25) is 4.79 Å². The van der Waals surface area contributed by atoms with E-state index in [0.717, 1.165) is 29.6 Å². The van der Waals surface area contributed by atoms with E-state index in [4.69, 9.17) is 11.6 Å². The lowest BCUT2D eigenvalue weighted by atomic mass is 10.1. The third kappa shape index (κ3) is 2.97. The van der Waals surface area contributed by atoms with Crippen molar-refractivity contribution in [3.63, 3.8) is 0 Å². The summed E-state index contributed by atoms with van der Waals surface area (Å²) in [4.78, 5) is 14.5. The molecule has 1 heterocycles. The quantitative estimate of drug-likeness (QED) is 0.817. The molecule has 0 aliphatic carbocycles. The van der Waals surface area contributed by atoms with Crippen LogP contribution in [-0.2, 0) is 0 Å². The Balaban J connectivity index is 2.23. The molecular weight excluding hydrogens is 363 g/mol. The summed E-state index contributed by atoms with van der Waals surface area (Å²) in [5, 5.41) is 3.82. The van der Waals surface area contributed by atoms with Crippen LogP contribution >= 0.6 is 34.2 Å². The Morgan fingerprint density at radius 1 is 1.56 bits per heavy atom. The summed E-state index contributed by atoms with van der Waals surface area (Å²) >= 11 is 8.17. The molecule has 0 unspecified atom stereocenters. The predicted octanol–water partition coefficient (Wildman–Crippen LogP) is 2.77. The Bertz CT molecular complexity index is 449. The van der Waals surface area contributed by atoms with E-state index in [0.29, 0.717) is 16.6 Å². The minimum Gasteiger partial charge on any atom is -0.333 e. The fourth-order valence-electron chi connectivity index (χ4n) is 2.00. The van der Waals surface area contributed by atoms with E-state index >= 15 is 0 Å². The number of carbonyl (C=O) groups is 1. The van der Waals surface area contributed by atoms with Gasteiger partial charge in [-0.25, -0.2) is 0 Å². The summed E-state index contributed by atoms with van der Waals surface area (Å²) in [6.07, 6.45) is 0.972. The summed E-state index contributed by atoms with van der Waals surface area (Å²) in [7, 11) is 0. The number of nitrogens with zero attached hydrogens (tertiary/aromatic N) is 1. The molecule has 2 rings (SSSR count). The molecule has 0 spiro atoms. The summed E-state index contributed by atoms with van der Waals surface area (Å²) in [5.74, 6) is 0.0928. The van der Waals surface area contributed by atoms with Crippen LogP contribution in [0.1, 0.15) is 23.7 Å². The Hall–Kier alpha value is -0.330. The number of hydrogen-bond acceptors (Lipinski definition) is 2. The molecule has 1 aromatic carbocycles. The second-order valence-corrected chi connectivity index (χ2v) is 6.03. The third-order valence-electron chi connectivity index (χ3n) is 3.08. The second kappa shape index (κ2) is 6.21. The van der Waals surface area contributed by atoms with Crippen molar-refractivity contribution in [3.05, 3.63) is 32.4 Å². The fourth-order valence-corrected chi connectivity index (χ4v) is 2.74. The summed E-state index contributed by atoms with van der Waals surface area (Å²) < 4.78 is 0.954. The molecule has 1 aliphatic heterocycles. The van der Waals surface area contributed by atoms with E-state index in [-0.39, 0.29) is 5.91 Å². The molecule has 1 amide bonds. The van der Waals surface area contributed by atoms with E-state index in [9.17, 15) is 4.79 Å². The van der Waals surface area contributed by atoms with E-state index in [2.05, 4.69) is 34.8 Å². The highest BCUT2D eigenvalue weighted by Gasteiger charge is 2.29. The van der Waals surface area contributed by atoms with Crippen LogP contribution in [0.25, 0.3) is 0 Å². The van der Waals surface area contributed by atoms with Gasteiger partial charge in [0.05, 0.1) is 11.6 Å². The zero-order valence-electron chi connectivity index (χ0n) is 10.2. The topological polar surface area (TPSA) is 32.3 Å². The molecular formula is C13H16ClIN2O. The SMILES string of the molecule is CCCN(C(=O)c1cc(Cl)ccc1I)C1CNC1. The van der Waals surface area contributed by atoms with E-state index in [1.165, 1.54) is 0 Å². The lowest BCUT2D eigenvalue weighted by Gasteiger charge is -2.38. The maximum atomic E-state index is 12.6. The van der Waals surface area contributed by atoms with Crippen molar-refractivity contribution in [2.75, 3.05) is 19.6 Å². The van der Waals surface area contributed by atoms with Crippen molar-refractivity contribution in [2.45, 2.75) is 19.4 Å². The van der Waals surface area contributed by atoms with Gasteiger partial charge in [-0.1, -0.05) is 18.5 Å². The molecule has 98 valence electrons. The summed E-state index contributed by atoms with van der Waals surface area (Å²) in [6.45, 7) is 4.68. The number of rotatable bonds is 4. The van der Waals surface area contributed by atoms with Crippen molar-refractivity contribution in [1.29, 1.82) is 0 Å². The average Bonchev–Trinajstić information content (AvgIpc) is 2.28. The number of amides is 1. The van der Waals surface area contributed by atoms with Crippen LogP contribution in [0.15, 0.2) is 18.2 Å². The van der Waals surface area contributed by atoms with Crippen LogP contribution in [0.4, 0.5) is 0 Å².